The third kappa shape index (κ3) is 1.72. The van der Waals surface area contributed by atoms with Crippen molar-refractivity contribution in [3.8, 4) is 0 Å². The van der Waals surface area contributed by atoms with Gasteiger partial charge in [0.05, 0.1) is 12.1 Å². The zero-order chi connectivity index (χ0) is 10.9. The van der Waals surface area contributed by atoms with Gasteiger partial charge in [0.1, 0.15) is 6.54 Å². The van der Waals surface area contributed by atoms with E-state index >= 15 is 0 Å². The average molecular weight is 200 g/mol. The highest BCUT2D eigenvalue weighted by molar-refractivity contribution is 6.02. The zero-order valence-electron chi connectivity index (χ0n) is 9.03. The average Bonchev–Trinajstić information content (AvgIpc) is 2.26. The largest absolute Gasteiger partial charge is 0.382 e. The standard InChI is InChI=1S/C9H16N2O3/c1-9(2,6-14-4)11-7(12)5-10(3)8(11)13/h5-6H2,1-4H3. The second-order valence-electron chi connectivity index (χ2n) is 4.11. The Morgan fingerprint density at radius 2 is 2.00 bits per heavy atom. The molecular formula is C9H16N2O3. The minimum Gasteiger partial charge on any atom is -0.382 e. The van der Waals surface area contributed by atoms with Crippen LogP contribution < -0.4 is 0 Å². The fourth-order valence-corrected chi connectivity index (χ4v) is 1.63. The molecule has 14 heavy (non-hydrogen) atoms. The van der Waals surface area contributed by atoms with E-state index < -0.39 is 5.54 Å². The molecule has 80 valence electrons. The lowest BCUT2D eigenvalue weighted by Crippen LogP contribution is -2.50. The lowest BCUT2D eigenvalue weighted by Gasteiger charge is -2.32. The van der Waals surface area contributed by atoms with Crippen molar-refractivity contribution in [2.75, 3.05) is 27.3 Å². The Hall–Kier alpha value is -1.10. The van der Waals surface area contributed by atoms with Crippen molar-refractivity contribution in [1.29, 1.82) is 0 Å². The summed E-state index contributed by atoms with van der Waals surface area (Å²) in [7, 11) is 3.17. The van der Waals surface area contributed by atoms with Gasteiger partial charge < -0.3 is 9.64 Å². The van der Waals surface area contributed by atoms with Gasteiger partial charge >= 0.3 is 6.03 Å². The van der Waals surface area contributed by atoms with Crippen LogP contribution in [-0.4, -0.2) is 54.6 Å². The molecule has 5 heteroatoms. The van der Waals surface area contributed by atoms with Crippen LogP contribution in [0.25, 0.3) is 0 Å². The third-order valence-electron chi connectivity index (χ3n) is 2.24. The fraction of sp³-hybridized carbons (Fsp3) is 0.778. The minimum atomic E-state index is -0.576. The summed E-state index contributed by atoms with van der Waals surface area (Å²) in [5, 5.41) is 0. The molecule has 3 amide bonds. The Morgan fingerprint density at radius 1 is 1.43 bits per heavy atom. The molecule has 0 aromatic rings. The molecule has 0 atom stereocenters. The van der Waals surface area contributed by atoms with Gasteiger partial charge in [0.2, 0.25) is 0 Å². The number of likely N-dealkylation sites (N-methyl/N-ethyl adjacent to an activating group) is 1. The fourth-order valence-electron chi connectivity index (χ4n) is 1.63. The summed E-state index contributed by atoms with van der Waals surface area (Å²) in [5.74, 6) is -0.167. The molecule has 0 bridgehead atoms. The number of rotatable bonds is 3. The maximum absolute atomic E-state index is 11.6. The van der Waals surface area contributed by atoms with Gasteiger partial charge in [-0.25, -0.2) is 4.79 Å². The van der Waals surface area contributed by atoms with Crippen LogP contribution in [0.4, 0.5) is 4.79 Å². The Labute approximate surface area is 83.6 Å². The van der Waals surface area contributed by atoms with Crippen LogP contribution in [0.3, 0.4) is 0 Å². The molecule has 1 fully saturated rings. The molecule has 5 nitrogen and oxygen atoms in total. The van der Waals surface area contributed by atoms with Gasteiger partial charge in [-0.1, -0.05) is 0 Å². The number of hydrogen-bond donors (Lipinski definition) is 0. The van der Waals surface area contributed by atoms with Crippen molar-refractivity contribution in [1.82, 2.24) is 9.80 Å². The van der Waals surface area contributed by atoms with Crippen molar-refractivity contribution in [2.45, 2.75) is 19.4 Å². The summed E-state index contributed by atoms with van der Waals surface area (Å²) >= 11 is 0. The lowest BCUT2D eigenvalue weighted by molar-refractivity contribution is -0.130. The van der Waals surface area contributed by atoms with E-state index in [1.54, 1.807) is 14.2 Å². The van der Waals surface area contributed by atoms with Gasteiger partial charge in [-0.15, -0.1) is 0 Å². The number of ether oxygens (including phenoxy) is 1. The van der Waals surface area contributed by atoms with Crippen molar-refractivity contribution in [3.05, 3.63) is 0 Å². The molecule has 0 spiro atoms. The van der Waals surface area contributed by atoms with Crippen LogP contribution in [-0.2, 0) is 9.53 Å². The highest BCUT2D eigenvalue weighted by Gasteiger charge is 2.43. The van der Waals surface area contributed by atoms with E-state index in [-0.39, 0.29) is 18.5 Å². The van der Waals surface area contributed by atoms with Crippen LogP contribution in [0.2, 0.25) is 0 Å². The molecule has 0 radical (unpaired) electrons. The smallest absolute Gasteiger partial charge is 0.327 e. The number of carbonyl (C=O) groups is 2. The highest BCUT2D eigenvalue weighted by Crippen LogP contribution is 2.21. The first-order valence-electron chi connectivity index (χ1n) is 4.47. The Bertz CT molecular complexity index is 263. The van der Waals surface area contributed by atoms with E-state index in [2.05, 4.69) is 0 Å². The summed E-state index contributed by atoms with van der Waals surface area (Å²) in [6.45, 7) is 4.13. The Morgan fingerprint density at radius 3 is 2.36 bits per heavy atom. The van der Waals surface area contributed by atoms with Crippen molar-refractivity contribution in [3.63, 3.8) is 0 Å². The van der Waals surface area contributed by atoms with E-state index in [1.165, 1.54) is 9.80 Å². The van der Waals surface area contributed by atoms with Gasteiger partial charge in [-0.05, 0) is 13.8 Å². The molecule has 0 unspecified atom stereocenters. The number of imide groups is 1. The first kappa shape index (κ1) is 11.0. The summed E-state index contributed by atoms with van der Waals surface area (Å²) in [6.07, 6.45) is 0. The van der Waals surface area contributed by atoms with Gasteiger partial charge in [0, 0.05) is 14.2 Å². The number of urea groups is 1. The monoisotopic (exact) mass is 200 g/mol. The first-order chi connectivity index (χ1) is 6.40. The SMILES string of the molecule is COCC(C)(C)N1C(=O)CN(C)C1=O. The maximum atomic E-state index is 11.6. The number of nitrogens with zero attached hydrogens (tertiary/aromatic N) is 2. The number of amides is 3. The van der Waals surface area contributed by atoms with E-state index in [4.69, 9.17) is 4.74 Å². The van der Waals surface area contributed by atoms with Crippen LogP contribution in [0, 0.1) is 0 Å². The predicted molar refractivity (Wildman–Crippen MR) is 50.8 cm³/mol. The lowest BCUT2D eigenvalue weighted by atomic mass is 10.1. The van der Waals surface area contributed by atoms with E-state index in [1.807, 2.05) is 13.8 Å². The molecular weight excluding hydrogens is 184 g/mol. The molecule has 0 saturated carbocycles. The van der Waals surface area contributed by atoms with Crippen LogP contribution in [0.1, 0.15) is 13.8 Å². The topological polar surface area (TPSA) is 49.9 Å². The molecule has 0 aliphatic carbocycles. The second kappa shape index (κ2) is 3.57. The molecule has 0 aromatic heterocycles. The summed E-state index contributed by atoms with van der Waals surface area (Å²) in [5.41, 5.74) is -0.576. The molecule has 0 N–H and O–H groups in total. The summed E-state index contributed by atoms with van der Waals surface area (Å²) in [6, 6.07) is -0.253. The third-order valence-corrected chi connectivity index (χ3v) is 2.24. The highest BCUT2D eigenvalue weighted by atomic mass is 16.5. The minimum absolute atomic E-state index is 0.159. The number of hydrogen-bond acceptors (Lipinski definition) is 3. The predicted octanol–water partition coefficient (Wildman–Crippen LogP) is 0.305. The van der Waals surface area contributed by atoms with Crippen LogP contribution >= 0.6 is 0 Å². The van der Waals surface area contributed by atoms with Gasteiger partial charge in [-0.3, -0.25) is 9.69 Å². The molecule has 1 saturated heterocycles. The molecule has 1 rings (SSSR count). The van der Waals surface area contributed by atoms with Crippen molar-refractivity contribution < 1.29 is 14.3 Å². The first-order valence-corrected chi connectivity index (χ1v) is 4.47. The van der Waals surface area contributed by atoms with Crippen molar-refractivity contribution in [2.24, 2.45) is 0 Å². The zero-order valence-corrected chi connectivity index (χ0v) is 9.03. The second-order valence-corrected chi connectivity index (χ2v) is 4.11. The molecule has 1 aliphatic rings. The van der Waals surface area contributed by atoms with Gasteiger partial charge in [0.25, 0.3) is 5.91 Å². The Kier molecular flexibility index (Phi) is 2.80. The van der Waals surface area contributed by atoms with Gasteiger partial charge in [0.15, 0.2) is 0 Å². The molecule has 0 aromatic carbocycles. The van der Waals surface area contributed by atoms with E-state index in [0.29, 0.717) is 6.61 Å². The normalized spacial score (nSPS) is 18.3. The van der Waals surface area contributed by atoms with E-state index in [0.717, 1.165) is 0 Å². The van der Waals surface area contributed by atoms with Crippen molar-refractivity contribution >= 4 is 11.9 Å². The number of carbonyl (C=O) groups excluding carboxylic acids is 2. The van der Waals surface area contributed by atoms with Crippen LogP contribution in [0.5, 0.6) is 0 Å². The summed E-state index contributed by atoms with van der Waals surface area (Å²) in [4.78, 5) is 25.8. The van der Waals surface area contributed by atoms with Crippen LogP contribution in [0.15, 0.2) is 0 Å². The molecule has 1 aliphatic heterocycles. The Balaban J connectivity index is 2.86. The van der Waals surface area contributed by atoms with E-state index in [9.17, 15) is 9.59 Å². The quantitative estimate of drug-likeness (QED) is 0.616. The van der Waals surface area contributed by atoms with Gasteiger partial charge in [-0.2, -0.15) is 0 Å². The maximum Gasteiger partial charge on any atom is 0.327 e. The molecule has 1 heterocycles. The number of methoxy groups -OCH3 is 1. The summed E-state index contributed by atoms with van der Waals surface area (Å²) < 4.78 is 4.99.